The highest BCUT2D eigenvalue weighted by atomic mass is 16.7. The zero-order valence-electron chi connectivity index (χ0n) is 13.6. The van der Waals surface area contributed by atoms with Crippen molar-refractivity contribution in [1.29, 1.82) is 0 Å². The third kappa shape index (κ3) is 4.45. The molecule has 2 fully saturated rings. The van der Waals surface area contributed by atoms with Gasteiger partial charge in [0.15, 0.2) is 6.29 Å². The number of ether oxygens (including phenoxy) is 3. The highest BCUT2D eigenvalue weighted by molar-refractivity contribution is 5.73. The SMILES string of the molecule is CC(=O)NC1C(O[C@H]2COC(CO)[C@@H](O)[C@@H]2O)O[C@@H](CO)[C@@H](O)C1O. The molecule has 0 aromatic rings. The van der Waals surface area contributed by atoms with Crippen molar-refractivity contribution < 1.29 is 49.6 Å². The Kier molecular flexibility index (Phi) is 7.08. The Hall–Kier alpha value is -0.890. The van der Waals surface area contributed by atoms with E-state index < -0.39 is 74.2 Å². The van der Waals surface area contributed by atoms with Gasteiger partial charge in [0.1, 0.15) is 48.8 Å². The molecule has 2 aliphatic rings. The Bertz CT molecular complexity index is 451. The van der Waals surface area contributed by atoms with E-state index in [0.29, 0.717) is 0 Å². The van der Waals surface area contributed by atoms with Gasteiger partial charge in [-0.15, -0.1) is 0 Å². The fraction of sp³-hybridized carbons (Fsp3) is 0.929. The first-order valence-electron chi connectivity index (χ1n) is 7.93. The topological polar surface area (TPSA) is 178 Å². The Morgan fingerprint density at radius 2 is 1.64 bits per heavy atom. The number of rotatable bonds is 5. The number of nitrogens with one attached hydrogen (secondary N) is 1. The molecule has 4 unspecified atom stereocenters. The Morgan fingerprint density at radius 3 is 2.20 bits per heavy atom. The first kappa shape index (κ1) is 20.4. The number of hydrogen-bond acceptors (Lipinski definition) is 10. The standard InChI is InChI=1S/C14H25NO10/c1-5(18)15-9-13(22)11(20)7(3-17)24-14(9)25-8-4-23-6(2-16)10(19)12(8)21/h6-14,16-17,19-22H,2-4H2,1H3,(H,15,18)/t6?,7-,8-,9?,10+,11+,12+,13?,14?/m0/s1. The lowest BCUT2D eigenvalue weighted by atomic mass is 9.96. The molecule has 0 spiro atoms. The van der Waals surface area contributed by atoms with E-state index in [9.17, 15) is 30.3 Å². The Morgan fingerprint density at radius 1 is 1.04 bits per heavy atom. The van der Waals surface area contributed by atoms with Gasteiger partial charge in [-0.1, -0.05) is 0 Å². The Labute approximate surface area is 143 Å². The van der Waals surface area contributed by atoms with Crippen molar-refractivity contribution in [3.8, 4) is 0 Å². The van der Waals surface area contributed by atoms with Gasteiger partial charge in [-0.2, -0.15) is 0 Å². The summed E-state index contributed by atoms with van der Waals surface area (Å²) in [7, 11) is 0. The number of carbonyl (C=O) groups is 1. The van der Waals surface area contributed by atoms with Crippen LogP contribution in [-0.2, 0) is 19.0 Å². The summed E-state index contributed by atoms with van der Waals surface area (Å²) >= 11 is 0. The van der Waals surface area contributed by atoms with Crippen LogP contribution in [0.4, 0.5) is 0 Å². The largest absolute Gasteiger partial charge is 0.394 e. The lowest BCUT2D eigenvalue weighted by molar-refractivity contribution is -0.309. The van der Waals surface area contributed by atoms with Gasteiger partial charge in [0, 0.05) is 6.92 Å². The van der Waals surface area contributed by atoms with Gasteiger partial charge in [0.2, 0.25) is 5.91 Å². The molecule has 2 saturated heterocycles. The molecule has 0 aromatic heterocycles. The normalized spacial score (nSPS) is 45.2. The maximum atomic E-state index is 11.3. The minimum atomic E-state index is -1.49. The van der Waals surface area contributed by atoms with Crippen LogP contribution in [-0.4, -0.2) is 111 Å². The molecule has 0 bridgehead atoms. The van der Waals surface area contributed by atoms with Gasteiger partial charge in [-0.25, -0.2) is 0 Å². The van der Waals surface area contributed by atoms with Crippen LogP contribution in [0.25, 0.3) is 0 Å². The van der Waals surface area contributed by atoms with Crippen molar-refractivity contribution in [2.75, 3.05) is 19.8 Å². The summed E-state index contributed by atoms with van der Waals surface area (Å²) in [6, 6.07) is -1.17. The number of carbonyl (C=O) groups excluding carboxylic acids is 1. The summed E-state index contributed by atoms with van der Waals surface area (Å²) in [4.78, 5) is 11.3. The maximum absolute atomic E-state index is 11.3. The number of aliphatic hydroxyl groups excluding tert-OH is 6. The molecule has 0 radical (unpaired) electrons. The van der Waals surface area contributed by atoms with Gasteiger partial charge >= 0.3 is 0 Å². The van der Waals surface area contributed by atoms with E-state index >= 15 is 0 Å². The maximum Gasteiger partial charge on any atom is 0.217 e. The molecule has 0 aliphatic carbocycles. The van der Waals surface area contributed by atoms with E-state index in [2.05, 4.69) is 5.32 Å². The molecule has 1 amide bonds. The first-order chi connectivity index (χ1) is 11.8. The average Bonchev–Trinajstić information content (AvgIpc) is 2.58. The summed E-state index contributed by atoms with van der Waals surface area (Å²) < 4.78 is 16.1. The third-order valence-electron chi connectivity index (χ3n) is 4.33. The van der Waals surface area contributed by atoms with Gasteiger partial charge in [-0.05, 0) is 0 Å². The van der Waals surface area contributed by atoms with E-state index in [1.165, 1.54) is 6.92 Å². The molecule has 2 rings (SSSR count). The van der Waals surface area contributed by atoms with Crippen LogP contribution in [0.15, 0.2) is 0 Å². The van der Waals surface area contributed by atoms with Crippen LogP contribution in [0.1, 0.15) is 6.92 Å². The molecule has 7 N–H and O–H groups in total. The second kappa shape index (κ2) is 8.66. The molecule has 2 heterocycles. The average molecular weight is 367 g/mol. The van der Waals surface area contributed by atoms with E-state index in [0.717, 1.165) is 0 Å². The van der Waals surface area contributed by atoms with Gasteiger partial charge in [0.05, 0.1) is 19.8 Å². The van der Waals surface area contributed by atoms with E-state index in [1.807, 2.05) is 0 Å². The molecule has 0 saturated carbocycles. The van der Waals surface area contributed by atoms with Crippen LogP contribution >= 0.6 is 0 Å². The highest BCUT2D eigenvalue weighted by Crippen LogP contribution is 2.26. The molecule has 11 nitrogen and oxygen atoms in total. The summed E-state index contributed by atoms with van der Waals surface area (Å²) in [6.07, 6.45) is -10.3. The van der Waals surface area contributed by atoms with Gasteiger partial charge in [-0.3, -0.25) is 4.79 Å². The highest BCUT2D eigenvalue weighted by Gasteiger charge is 2.48. The summed E-state index contributed by atoms with van der Waals surface area (Å²) in [5, 5.41) is 60.8. The first-order valence-corrected chi connectivity index (χ1v) is 7.93. The number of amides is 1. The van der Waals surface area contributed by atoms with Crippen LogP contribution in [0.3, 0.4) is 0 Å². The Balaban J connectivity index is 2.11. The minimum Gasteiger partial charge on any atom is -0.394 e. The van der Waals surface area contributed by atoms with E-state index in [-0.39, 0.29) is 6.61 Å². The molecule has 9 atom stereocenters. The number of aliphatic hydroxyl groups is 6. The molecule has 146 valence electrons. The molecule has 25 heavy (non-hydrogen) atoms. The molecule has 2 aliphatic heterocycles. The van der Waals surface area contributed by atoms with Gasteiger partial charge < -0.3 is 50.2 Å². The van der Waals surface area contributed by atoms with Crippen molar-refractivity contribution in [2.45, 2.75) is 62.0 Å². The summed E-state index contributed by atoms with van der Waals surface area (Å²) in [6.45, 7) is -0.0816. The lowest BCUT2D eigenvalue weighted by Crippen LogP contribution is -2.66. The second-order valence-electron chi connectivity index (χ2n) is 6.14. The van der Waals surface area contributed by atoms with E-state index in [1.54, 1.807) is 0 Å². The van der Waals surface area contributed by atoms with Crippen LogP contribution in [0.5, 0.6) is 0 Å². The van der Waals surface area contributed by atoms with Crippen LogP contribution in [0.2, 0.25) is 0 Å². The fourth-order valence-electron chi connectivity index (χ4n) is 2.89. The smallest absolute Gasteiger partial charge is 0.217 e. The number of hydrogen-bond donors (Lipinski definition) is 7. The molecular formula is C14H25NO10. The summed E-state index contributed by atoms with van der Waals surface area (Å²) in [5.41, 5.74) is 0. The summed E-state index contributed by atoms with van der Waals surface area (Å²) in [5.74, 6) is -0.517. The van der Waals surface area contributed by atoms with Crippen LogP contribution < -0.4 is 5.32 Å². The zero-order valence-corrected chi connectivity index (χ0v) is 13.6. The predicted molar refractivity (Wildman–Crippen MR) is 79.1 cm³/mol. The van der Waals surface area contributed by atoms with Crippen molar-refractivity contribution in [1.82, 2.24) is 5.32 Å². The van der Waals surface area contributed by atoms with Gasteiger partial charge in [0.25, 0.3) is 0 Å². The molecular weight excluding hydrogens is 342 g/mol. The van der Waals surface area contributed by atoms with Crippen molar-refractivity contribution in [3.63, 3.8) is 0 Å². The monoisotopic (exact) mass is 367 g/mol. The molecule has 0 aromatic carbocycles. The van der Waals surface area contributed by atoms with Crippen molar-refractivity contribution in [2.24, 2.45) is 0 Å². The molecule has 11 heteroatoms. The fourth-order valence-corrected chi connectivity index (χ4v) is 2.89. The quantitative estimate of drug-likeness (QED) is 0.250. The minimum absolute atomic E-state index is 0.182. The third-order valence-corrected chi connectivity index (χ3v) is 4.33. The van der Waals surface area contributed by atoms with Crippen LogP contribution in [0, 0.1) is 0 Å². The second-order valence-corrected chi connectivity index (χ2v) is 6.14. The van der Waals surface area contributed by atoms with E-state index in [4.69, 9.17) is 19.3 Å². The zero-order chi connectivity index (χ0) is 18.7. The van der Waals surface area contributed by atoms with Crippen molar-refractivity contribution >= 4 is 5.91 Å². The van der Waals surface area contributed by atoms with Crippen molar-refractivity contribution in [3.05, 3.63) is 0 Å². The lowest BCUT2D eigenvalue weighted by Gasteiger charge is -2.45. The predicted octanol–water partition coefficient (Wildman–Crippen LogP) is -4.57.